The molecule has 0 rings (SSSR count). The molecule has 0 aliphatic carbocycles. The molecule has 0 aliphatic heterocycles. The molecule has 0 radical (unpaired) electrons. The summed E-state index contributed by atoms with van der Waals surface area (Å²) >= 11 is 0. The van der Waals surface area contributed by atoms with E-state index in [4.69, 9.17) is 4.74 Å². The van der Waals surface area contributed by atoms with E-state index in [1.165, 1.54) is 20.8 Å². The van der Waals surface area contributed by atoms with Crippen LogP contribution in [0.5, 0.6) is 0 Å². The van der Waals surface area contributed by atoms with Gasteiger partial charge in [-0.1, -0.05) is 0 Å². The molecule has 11 heteroatoms. The average molecular weight is 313 g/mol. The number of nitrogens with one attached hydrogen (secondary N) is 1. The summed E-state index contributed by atoms with van der Waals surface area (Å²) in [6.45, 7) is 4.60. The third-order valence-corrected chi connectivity index (χ3v) is 2.09. The Bertz CT molecular complexity index is 404. The molecule has 19 heavy (non-hydrogen) atoms. The minimum absolute atomic E-state index is 0. The minimum Gasteiger partial charge on any atom is -0.748 e. The molecule has 1 unspecified atom stereocenters. The maximum absolute atomic E-state index is 11.1. The Morgan fingerprint density at radius 1 is 1.26 bits per heavy atom. The minimum atomic E-state index is -4.80. The number of ether oxygens (including phenoxy) is 1. The molecule has 0 aliphatic rings. The molecule has 0 aromatic heterocycles. The third-order valence-electron chi connectivity index (χ3n) is 1.35. The van der Waals surface area contributed by atoms with Gasteiger partial charge < -0.3 is 24.5 Å². The monoisotopic (exact) mass is 313 g/mol. The van der Waals surface area contributed by atoms with Crippen LogP contribution >= 0.6 is 0 Å². The van der Waals surface area contributed by atoms with Crippen molar-refractivity contribution >= 4 is 22.2 Å². The van der Waals surface area contributed by atoms with E-state index >= 15 is 0 Å². The van der Waals surface area contributed by atoms with Crippen molar-refractivity contribution in [3.8, 4) is 0 Å². The number of alkyl carbamates (subject to hydrolysis) is 1. The first-order chi connectivity index (χ1) is 7.41. The summed E-state index contributed by atoms with van der Waals surface area (Å²) < 4.78 is 35.8. The zero-order valence-corrected chi connectivity index (χ0v) is 16.4. The van der Waals surface area contributed by atoms with Crippen LogP contribution in [0.15, 0.2) is 0 Å². The number of carbonyl (C=O) groups is 2. The van der Waals surface area contributed by atoms with Gasteiger partial charge in [-0.25, -0.2) is 13.2 Å². The van der Waals surface area contributed by atoms with Gasteiger partial charge in [0.15, 0.2) is 0 Å². The molecule has 0 spiro atoms. The second-order valence-corrected chi connectivity index (χ2v) is 5.69. The molecule has 8 nitrogen and oxygen atoms in total. The molecule has 0 aromatic rings. The predicted octanol–water partition coefficient (Wildman–Crippen LogP) is -7.82. The van der Waals surface area contributed by atoms with Crippen LogP contribution in [-0.4, -0.2) is 42.4 Å². The topological polar surface area (TPSA) is 136 Å². The van der Waals surface area contributed by atoms with E-state index in [1.807, 2.05) is 0 Å². The van der Waals surface area contributed by atoms with Crippen LogP contribution in [0.2, 0.25) is 0 Å². The second kappa shape index (κ2) is 9.56. The molecule has 100 valence electrons. The predicted molar refractivity (Wildman–Crippen MR) is 52.7 cm³/mol. The van der Waals surface area contributed by atoms with Crippen LogP contribution in [0.3, 0.4) is 0 Å². The Morgan fingerprint density at radius 2 is 1.68 bits per heavy atom. The summed E-state index contributed by atoms with van der Waals surface area (Å²) in [5, 5.41) is 12.2. The summed E-state index contributed by atoms with van der Waals surface area (Å²) in [4.78, 5) is 21.6. The number of carbonyl (C=O) groups excluding carboxylic acids is 2. The van der Waals surface area contributed by atoms with Gasteiger partial charge in [-0.05, 0) is 20.8 Å². The Balaban J connectivity index is -0.00000128. The van der Waals surface area contributed by atoms with Crippen LogP contribution in [0.1, 0.15) is 20.8 Å². The SMILES string of the molecule is CC(C)(C)OC(=O)NC(CS(=O)(=O)[O-])C(=O)[O-].[Na+].[Na+]. The summed E-state index contributed by atoms with van der Waals surface area (Å²) in [5.74, 6) is -3.18. The van der Waals surface area contributed by atoms with Crippen molar-refractivity contribution in [1.82, 2.24) is 5.32 Å². The zero-order valence-electron chi connectivity index (χ0n) is 11.6. The Hall–Kier alpha value is 0.650. The number of carboxylic acid groups (broad SMARTS) is 1. The maximum Gasteiger partial charge on any atom is 1.00 e. The Kier molecular flexibility index (Phi) is 12.4. The molecule has 0 fully saturated rings. The van der Waals surface area contributed by atoms with Crippen molar-refractivity contribution < 1.29 is 91.5 Å². The van der Waals surface area contributed by atoms with Crippen LogP contribution in [0.4, 0.5) is 4.79 Å². The van der Waals surface area contributed by atoms with Gasteiger partial charge in [-0.3, -0.25) is 0 Å². The smallest absolute Gasteiger partial charge is 0.748 e. The largest absolute Gasteiger partial charge is 1.00 e. The molecule has 0 saturated carbocycles. The number of amides is 1. The molecule has 0 aromatic carbocycles. The molecular weight excluding hydrogens is 300 g/mol. The molecule has 1 amide bonds. The number of aliphatic carboxylic acids is 1. The first kappa shape index (κ1) is 24.7. The van der Waals surface area contributed by atoms with Crippen molar-refractivity contribution in [2.24, 2.45) is 0 Å². The van der Waals surface area contributed by atoms with Crippen LogP contribution in [0.25, 0.3) is 0 Å². The molecule has 1 atom stereocenters. The molecule has 0 saturated heterocycles. The van der Waals surface area contributed by atoms with Gasteiger partial charge in [0.1, 0.15) is 5.60 Å². The van der Waals surface area contributed by atoms with Gasteiger partial charge in [0, 0.05) is 0 Å². The van der Waals surface area contributed by atoms with E-state index in [0.717, 1.165) is 0 Å². The summed E-state index contributed by atoms with van der Waals surface area (Å²) in [7, 11) is -4.80. The van der Waals surface area contributed by atoms with E-state index in [-0.39, 0.29) is 59.1 Å². The normalized spacial score (nSPS) is 12.4. The van der Waals surface area contributed by atoms with E-state index in [2.05, 4.69) is 0 Å². The van der Waals surface area contributed by atoms with E-state index < -0.39 is 39.6 Å². The van der Waals surface area contributed by atoms with Crippen molar-refractivity contribution in [3.63, 3.8) is 0 Å². The summed E-state index contributed by atoms with van der Waals surface area (Å²) in [6, 6.07) is -1.94. The molecular formula is C8H13NNa2O7S. The van der Waals surface area contributed by atoms with Gasteiger partial charge in [-0.2, -0.15) is 0 Å². The first-order valence-electron chi connectivity index (χ1n) is 4.54. The van der Waals surface area contributed by atoms with Gasteiger partial charge in [0.05, 0.1) is 27.9 Å². The fourth-order valence-corrected chi connectivity index (χ4v) is 1.45. The van der Waals surface area contributed by atoms with Crippen molar-refractivity contribution in [3.05, 3.63) is 0 Å². The van der Waals surface area contributed by atoms with Gasteiger partial charge in [0.2, 0.25) is 0 Å². The molecule has 0 bridgehead atoms. The first-order valence-corrected chi connectivity index (χ1v) is 6.12. The zero-order chi connectivity index (χ0) is 13.9. The van der Waals surface area contributed by atoms with Crippen LogP contribution < -0.4 is 69.5 Å². The Labute approximate surface area is 156 Å². The van der Waals surface area contributed by atoms with Crippen molar-refractivity contribution in [2.75, 3.05) is 5.75 Å². The van der Waals surface area contributed by atoms with Gasteiger partial charge >= 0.3 is 65.2 Å². The average Bonchev–Trinajstić information content (AvgIpc) is 1.95. The fourth-order valence-electron chi connectivity index (χ4n) is 0.823. The van der Waals surface area contributed by atoms with E-state index in [9.17, 15) is 27.7 Å². The van der Waals surface area contributed by atoms with Gasteiger partial charge in [0.25, 0.3) is 0 Å². The maximum atomic E-state index is 11.1. The van der Waals surface area contributed by atoms with Crippen LogP contribution in [0, 0.1) is 0 Å². The summed E-state index contributed by atoms with van der Waals surface area (Å²) in [6.07, 6.45) is -1.14. The second-order valence-electron chi connectivity index (χ2n) is 4.24. The number of rotatable bonds is 4. The van der Waals surface area contributed by atoms with E-state index in [1.54, 1.807) is 5.32 Å². The number of carboxylic acids is 1. The van der Waals surface area contributed by atoms with Crippen molar-refractivity contribution in [1.29, 1.82) is 0 Å². The molecule has 0 heterocycles. The van der Waals surface area contributed by atoms with E-state index in [0.29, 0.717) is 0 Å². The quantitative estimate of drug-likeness (QED) is 0.402. The number of hydrogen-bond acceptors (Lipinski definition) is 7. The van der Waals surface area contributed by atoms with Crippen molar-refractivity contribution in [2.45, 2.75) is 32.4 Å². The standard InChI is InChI=1S/C8H15NO7S.2Na/c1-8(2,3)16-7(12)9-5(6(10)11)4-17(13,14)15;;/h5H,4H2,1-3H3,(H,9,12)(H,10,11)(H,13,14,15);;/q;2*+1/p-2. The molecule has 1 N–H and O–H groups in total. The van der Waals surface area contributed by atoms with Gasteiger partial charge in [-0.15, -0.1) is 0 Å². The summed E-state index contributed by atoms with van der Waals surface area (Å²) in [5.41, 5.74) is -0.878. The number of hydrogen-bond donors (Lipinski definition) is 1. The fraction of sp³-hybridized carbons (Fsp3) is 0.750. The Morgan fingerprint density at radius 3 is 1.95 bits per heavy atom. The third kappa shape index (κ3) is 14.9. The van der Waals surface area contributed by atoms with Crippen LogP contribution in [-0.2, 0) is 19.6 Å².